The van der Waals surface area contributed by atoms with Crippen molar-refractivity contribution in [3.8, 4) is 0 Å². The Morgan fingerprint density at radius 1 is 1.27 bits per heavy atom. The average molecular weight is 565 g/mol. The molecule has 2 rings (SSSR count). The summed E-state index contributed by atoms with van der Waals surface area (Å²) in [5.74, 6) is -0.227. The molecular weight excluding hydrogens is 511 g/mol. The van der Waals surface area contributed by atoms with Gasteiger partial charge in [-0.1, -0.05) is 67.5 Å². The summed E-state index contributed by atoms with van der Waals surface area (Å²) in [6, 6.07) is -0.0521. The van der Waals surface area contributed by atoms with E-state index in [0.29, 0.717) is 17.7 Å². The number of nitrogens with zero attached hydrogens (tertiary/aromatic N) is 2. The highest BCUT2D eigenvalue weighted by atomic mass is 19.1. The zero-order chi connectivity index (χ0) is 31.4. The highest BCUT2D eigenvalue weighted by Gasteiger charge is 2.35. The summed E-state index contributed by atoms with van der Waals surface area (Å²) in [6.07, 6.45) is 19.0. The number of hydrogen-bond acceptors (Lipinski definition) is 4. The van der Waals surface area contributed by atoms with Crippen LogP contribution in [0.15, 0.2) is 114 Å². The quantitative estimate of drug-likeness (QED) is 0.0881. The number of piperidine rings is 1. The molecule has 1 saturated heterocycles. The van der Waals surface area contributed by atoms with Crippen LogP contribution in [-0.4, -0.2) is 49.9 Å². The van der Waals surface area contributed by atoms with Crippen molar-refractivity contribution in [2.45, 2.75) is 72.5 Å². The second kappa shape index (κ2) is 21.3. The molecule has 1 amide bonds. The van der Waals surface area contributed by atoms with Gasteiger partial charge < -0.3 is 10.2 Å². The molecular formula is C35H53FN4O. The van der Waals surface area contributed by atoms with Crippen molar-refractivity contribution >= 4 is 12.6 Å². The number of halogens is 1. The molecule has 2 aliphatic rings. The number of carbonyl (C=O) groups excluding carboxylic acids is 1. The molecule has 0 spiro atoms. The molecule has 0 bridgehead atoms. The van der Waals surface area contributed by atoms with E-state index in [-0.39, 0.29) is 17.9 Å². The highest BCUT2D eigenvalue weighted by molar-refractivity contribution is 5.94. The van der Waals surface area contributed by atoms with Crippen LogP contribution < -0.4 is 10.7 Å². The average Bonchev–Trinajstić information content (AvgIpc) is 3.23. The van der Waals surface area contributed by atoms with Gasteiger partial charge in [-0.3, -0.25) is 4.79 Å². The van der Waals surface area contributed by atoms with Crippen molar-refractivity contribution in [3.63, 3.8) is 0 Å². The van der Waals surface area contributed by atoms with Crippen LogP contribution in [-0.2, 0) is 4.79 Å². The van der Waals surface area contributed by atoms with Gasteiger partial charge in [-0.25, -0.2) is 9.82 Å². The van der Waals surface area contributed by atoms with Gasteiger partial charge in [-0.05, 0) is 77.3 Å². The van der Waals surface area contributed by atoms with Crippen LogP contribution in [0, 0.1) is 5.92 Å². The van der Waals surface area contributed by atoms with Gasteiger partial charge in [-0.15, -0.1) is 26.3 Å². The Kier molecular flexibility index (Phi) is 19.4. The molecule has 41 heavy (non-hydrogen) atoms. The zero-order valence-electron chi connectivity index (χ0n) is 26.3. The van der Waals surface area contributed by atoms with Crippen molar-refractivity contribution in [1.82, 2.24) is 15.6 Å². The Labute approximate surface area is 249 Å². The van der Waals surface area contributed by atoms with E-state index in [2.05, 4.69) is 111 Å². The van der Waals surface area contributed by atoms with Gasteiger partial charge in [-0.2, -0.15) is 5.10 Å². The zero-order valence-corrected chi connectivity index (χ0v) is 26.3. The van der Waals surface area contributed by atoms with Crippen molar-refractivity contribution < 1.29 is 9.18 Å². The molecule has 1 aliphatic carbocycles. The van der Waals surface area contributed by atoms with Gasteiger partial charge in [0.2, 0.25) is 0 Å². The summed E-state index contributed by atoms with van der Waals surface area (Å²) in [5, 5.41) is 7.18. The van der Waals surface area contributed by atoms with Gasteiger partial charge in [0.1, 0.15) is 6.17 Å². The van der Waals surface area contributed by atoms with E-state index in [1.165, 1.54) is 18.1 Å². The molecule has 5 nitrogen and oxygen atoms in total. The van der Waals surface area contributed by atoms with E-state index in [1.54, 1.807) is 13.0 Å². The third-order valence-corrected chi connectivity index (χ3v) is 7.14. The summed E-state index contributed by atoms with van der Waals surface area (Å²) in [4.78, 5) is 15.0. The molecule has 0 aromatic carbocycles. The Morgan fingerprint density at radius 2 is 1.95 bits per heavy atom. The molecule has 0 aromatic heterocycles. The number of hydrogen-bond donors (Lipinski definition) is 2. The second-order valence-electron chi connectivity index (χ2n) is 9.76. The summed E-state index contributed by atoms with van der Waals surface area (Å²) >= 11 is 0. The first-order chi connectivity index (χ1) is 19.7. The molecule has 2 N–H and O–H groups in total. The number of rotatable bonds is 11. The predicted octanol–water partition coefficient (Wildman–Crippen LogP) is 7.93. The van der Waals surface area contributed by atoms with Crippen LogP contribution in [0.1, 0.15) is 60.3 Å². The predicted molar refractivity (Wildman–Crippen MR) is 177 cm³/mol. The van der Waals surface area contributed by atoms with Crippen LogP contribution in [0.25, 0.3) is 0 Å². The molecule has 3 atom stereocenters. The standard InChI is InChI=1S/C31H45FN4O.2C2H4/c1-8-11-14-25(9-2)28-21-27(23(5)31(37)35-33-6)29(20-22(4)32)34-30(28)26-15-12-13-24(16-17-26)18-19-36(7)10-3;2*1-2/h8,11-12,14-17,20,22,28,30,34H,6,9-10,13,18-19,21H2,1-5,7H3,(H,35,37);2*1-2H2/b11-8-,25-14+,27-23+,29-20+;;. The fraction of sp³-hybridized carbons (Fsp3) is 0.429. The maximum atomic E-state index is 14.3. The van der Waals surface area contributed by atoms with Crippen LogP contribution in [0.4, 0.5) is 4.39 Å². The fourth-order valence-electron chi connectivity index (χ4n) is 4.78. The van der Waals surface area contributed by atoms with E-state index < -0.39 is 6.17 Å². The molecule has 0 aromatic rings. The monoisotopic (exact) mass is 564 g/mol. The lowest BCUT2D eigenvalue weighted by molar-refractivity contribution is -0.117. The van der Waals surface area contributed by atoms with Crippen LogP contribution in [0.2, 0.25) is 0 Å². The molecule has 1 aliphatic heterocycles. The first-order valence-electron chi connectivity index (χ1n) is 14.4. The largest absolute Gasteiger partial charge is 0.378 e. The Hall–Kier alpha value is -3.51. The summed E-state index contributed by atoms with van der Waals surface area (Å²) in [5.41, 5.74) is 8.27. The lowest BCUT2D eigenvalue weighted by Crippen LogP contribution is -2.44. The number of nitrogens with one attached hydrogen (secondary N) is 2. The number of alkyl halides is 1. The maximum Gasteiger partial charge on any atom is 0.267 e. The second-order valence-corrected chi connectivity index (χ2v) is 9.76. The van der Waals surface area contributed by atoms with Crippen LogP contribution in [0.3, 0.4) is 0 Å². The topological polar surface area (TPSA) is 56.7 Å². The lowest BCUT2D eigenvalue weighted by Gasteiger charge is -2.39. The number of carbonyl (C=O) groups is 1. The number of hydrazone groups is 1. The molecule has 0 radical (unpaired) electrons. The van der Waals surface area contributed by atoms with Crippen LogP contribution in [0.5, 0.6) is 0 Å². The molecule has 1 fully saturated rings. The van der Waals surface area contributed by atoms with Crippen LogP contribution >= 0.6 is 0 Å². The third kappa shape index (κ3) is 12.3. The fourth-order valence-corrected chi connectivity index (χ4v) is 4.78. The van der Waals surface area contributed by atoms with E-state index in [4.69, 9.17) is 0 Å². The van der Waals surface area contributed by atoms with E-state index >= 15 is 0 Å². The van der Waals surface area contributed by atoms with Gasteiger partial charge >= 0.3 is 0 Å². The minimum Gasteiger partial charge on any atom is -0.378 e. The number of allylic oxidation sites excluding steroid dienone is 8. The van der Waals surface area contributed by atoms with E-state index in [1.807, 2.05) is 13.0 Å². The van der Waals surface area contributed by atoms with Crippen molar-refractivity contribution in [3.05, 3.63) is 108 Å². The summed E-state index contributed by atoms with van der Waals surface area (Å²) < 4.78 is 14.3. The minimum atomic E-state index is -1.16. The smallest absolute Gasteiger partial charge is 0.267 e. The van der Waals surface area contributed by atoms with Crippen molar-refractivity contribution in [2.75, 3.05) is 20.1 Å². The van der Waals surface area contributed by atoms with Gasteiger partial charge in [0.05, 0.1) is 6.04 Å². The Bertz CT molecular complexity index is 1060. The van der Waals surface area contributed by atoms with Crippen molar-refractivity contribution in [1.29, 1.82) is 0 Å². The van der Waals surface area contributed by atoms with Gasteiger partial charge in [0.15, 0.2) is 0 Å². The maximum absolute atomic E-state index is 14.3. The summed E-state index contributed by atoms with van der Waals surface area (Å²) in [7, 11) is 2.15. The third-order valence-electron chi connectivity index (χ3n) is 7.14. The summed E-state index contributed by atoms with van der Waals surface area (Å²) in [6.45, 7) is 27.0. The molecule has 1 heterocycles. The molecule has 3 unspecified atom stereocenters. The normalized spacial score (nSPS) is 21.8. The minimum absolute atomic E-state index is 0.0521. The SMILES string of the molecule is C=C.C=C.C=NNC(=O)/C(C)=C1\CC(/C(=C/C=C\C)CC)C(C2=CC=C(CCN(C)CC)CC=C2)N\C1=C\C(C)F. The molecule has 6 heteroatoms. The van der Waals surface area contributed by atoms with E-state index in [0.717, 1.165) is 43.5 Å². The Morgan fingerprint density at radius 3 is 2.51 bits per heavy atom. The first kappa shape index (κ1) is 37.5. The molecule has 226 valence electrons. The van der Waals surface area contributed by atoms with E-state index in [9.17, 15) is 9.18 Å². The Balaban J connectivity index is 0.00000382. The first-order valence-corrected chi connectivity index (χ1v) is 14.4. The van der Waals surface area contributed by atoms with Crippen molar-refractivity contribution in [2.24, 2.45) is 11.0 Å². The molecule has 0 saturated carbocycles. The highest BCUT2D eigenvalue weighted by Crippen LogP contribution is 2.39. The van der Waals surface area contributed by atoms with Gasteiger partial charge in [0.25, 0.3) is 5.91 Å². The number of amides is 1. The van der Waals surface area contributed by atoms with Gasteiger partial charge in [0, 0.05) is 30.5 Å². The lowest BCUT2D eigenvalue weighted by atomic mass is 9.75.